The molecule has 0 saturated heterocycles. The first-order valence-electron chi connectivity index (χ1n) is 9.03. The highest BCUT2D eigenvalue weighted by Crippen LogP contribution is 2.32. The molecule has 3 rings (SSSR count). The van der Waals surface area contributed by atoms with Crippen LogP contribution in [0.1, 0.15) is 26.3 Å². The topological polar surface area (TPSA) is 104 Å². The van der Waals surface area contributed by atoms with E-state index in [1.165, 1.54) is 36.4 Å². The lowest BCUT2D eigenvalue weighted by molar-refractivity contribution is -0.137. The van der Waals surface area contributed by atoms with Crippen LogP contribution in [0, 0.1) is 0 Å². The van der Waals surface area contributed by atoms with Crippen molar-refractivity contribution in [2.75, 3.05) is 9.14 Å². The van der Waals surface area contributed by atoms with Crippen LogP contribution >= 0.6 is 11.8 Å². The van der Waals surface area contributed by atoms with Crippen LogP contribution < -0.4 is 9.14 Å². The van der Waals surface area contributed by atoms with Crippen molar-refractivity contribution in [3.63, 3.8) is 0 Å². The zero-order chi connectivity index (χ0) is 24.4. The van der Waals surface area contributed by atoms with Gasteiger partial charge in [-0.2, -0.15) is 25.4 Å². The Kier molecular flexibility index (Phi) is 6.65. The maximum absolute atomic E-state index is 12.9. The lowest BCUT2D eigenvalue weighted by Gasteiger charge is -2.17. The number of carbonyl (C=O) groups excluding carboxylic acids is 1. The van der Waals surface area contributed by atoms with E-state index < -0.39 is 38.5 Å². The average molecular weight is 499 g/mol. The van der Waals surface area contributed by atoms with Gasteiger partial charge in [0.05, 0.1) is 27.4 Å². The third kappa shape index (κ3) is 5.26. The molecule has 3 aromatic carbocycles. The van der Waals surface area contributed by atoms with Crippen LogP contribution in [0.4, 0.5) is 24.5 Å². The van der Waals surface area contributed by atoms with Gasteiger partial charge in [0.1, 0.15) is 0 Å². The number of alkyl halides is 3. The number of carbonyl (C=O) groups is 2. The number of amides is 1. The zero-order valence-corrected chi connectivity index (χ0v) is 17.9. The van der Waals surface area contributed by atoms with E-state index in [0.29, 0.717) is 12.1 Å². The van der Waals surface area contributed by atoms with Crippen molar-refractivity contribution in [2.24, 2.45) is 0 Å². The van der Waals surface area contributed by atoms with Gasteiger partial charge in [-0.3, -0.25) is 4.79 Å². The van der Waals surface area contributed by atoms with E-state index in [-0.39, 0.29) is 26.3 Å². The smallest absolute Gasteiger partial charge is 0.416 e. The Hall–Kier alpha value is -3.57. The molecular weight excluding hydrogens is 485 g/mol. The minimum atomic E-state index is -4.60. The first kappa shape index (κ1) is 24.1. The number of carboxylic acids is 1. The number of aromatic carboxylic acids is 1. The van der Waals surface area contributed by atoms with E-state index in [1.807, 2.05) is 0 Å². The Labute approximate surface area is 191 Å². The fourth-order valence-corrected chi connectivity index (χ4v) is 4.23. The third-order valence-corrected chi connectivity index (χ3v) is 6.63. The number of nitrogens with one attached hydrogen (secondary N) is 1. The molecule has 0 saturated carbocycles. The highest BCUT2D eigenvalue weighted by atomic mass is 35.5. The Bertz CT molecular complexity index is 1310. The quantitative estimate of drug-likeness (QED) is 0.465. The van der Waals surface area contributed by atoms with Crippen LogP contribution in [-0.2, 0) is 16.2 Å². The second-order valence-electron chi connectivity index (χ2n) is 6.60. The van der Waals surface area contributed by atoms with Crippen LogP contribution in [0.15, 0.2) is 77.7 Å². The van der Waals surface area contributed by atoms with Crippen molar-refractivity contribution in [2.45, 2.75) is 11.1 Å². The van der Waals surface area contributed by atoms with E-state index in [9.17, 15) is 36.3 Å². The minimum Gasteiger partial charge on any atom is -0.478 e. The number of carboxylic acid groups (broad SMARTS) is 1. The van der Waals surface area contributed by atoms with Gasteiger partial charge in [-0.15, -0.1) is 0 Å². The highest BCUT2D eigenvalue weighted by molar-refractivity contribution is 7.94. The molecule has 1 amide bonds. The summed E-state index contributed by atoms with van der Waals surface area (Å²) < 4.78 is 64.2. The zero-order valence-electron chi connectivity index (χ0n) is 16.4. The van der Waals surface area contributed by atoms with Crippen molar-refractivity contribution >= 4 is 45.1 Å². The van der Waals surface area contributed by atoms with Gasteiger partial charge in [0.15, 0.2) is 0 Å². The molecule has 0 radical (unpaired) electrons. The van der Waals surface area contributed by atoms with E-state index in [0.717, 1.165) is 24.3 Å². The van der Waals surface area contributed by atoms with Crippen LogP contribution in [0.3, 0.4) is 0 Å². The minimum absolute atomic E-state index is 0.00647. The van der Waals surface area contributed by atoms with E-state index in [2.05, 4.69) is 5.32 Å². The van der Waals surface area contributed by atoms with Crippen LogP contribution in [-0.4, -0.2) is 25.4 Å². The molecule has 0 unspecified atom stereocenters. The number of sulfonamides is 1. The first-order chi connectivity index (χ1) is 15.4. The summed E-state index contributed by atoms with van der Waals surface area (Å²) in [5.74, 6) is -2.05. The fraction of sp³-hybridized carbons (Fsp3) is 0.0476. The van der Waals surface area contributed by atoms with E-state index in [4.69, 9.17) is 11.8 Å². The predicted molar refractivity (Wildman–Crippen MR) is 115 cm³/mol. The molecule has 172 valence electrons. The summed E-state index contributed by atoms with van der Waals surface area (Å²) in [5.41, 5.74) is -1.49. The monoisotopic (exact) mass is 498 g/mol. The average Bonchev–Trinajstić information content (AvgIpc) is 2.78. The second kappa shape index (κ2) is 9.12. The maximum atomic E-state index is 12.9. The Balaban J connectivity index is 1.87. The van der Waals surface area contributed by atoms with Crippen LogP contribution in [0.2, 0.25) is 0 Å². The molecule has 12 heteroatoms. The summed E-state index contributed by atoms with van der Waals surface area (Å²) in [5, 5.41) is 11.6. The molecule has 33 heavy (non-hydrogen) atoms. The lowest BCUT2D eigenvalue weighted by atomic mass is 10.1. The third-order valence-electron chi connectivity index (χ3n) is 4.41. The summed E-state index contributed by atoms with van der Waals surface area (Å²) in [6.07, 6.45) is -4.60. The molecule has 0 bridgehead atoms. The van der Waals surface area contributed by atoms with Gasteiger partial charge in [0, 0.05) is 17.3 Å². The molecule has 0 atom stereocenters. The summed E-state index contributed by atoms with van der Waals surface area (Å²) in [7, 11) is -4.45. The van der Waals surface area contributed by atoms with Crippen molar-refractivity contribution in [3.05, 3.63) is 89.5 Å². The van der Waals surface area contributed by atoms with E-state index in [1.54, 1.807) is 0 Å². The molecule has 3 aromatic rings. The number of para-hydroxylation sites is 1. The number of nitrogens with zero attached hydrogens (tertiary/aromatic N) is 1. The van der Waals surface area contributed by atoms with Gasteiger partial charge in [0.25, 0.3) is 15.9 Å². The first-order valence-corrected chi connectivity index (χ1v) is 10.8. The summed E-state index contributed by atoms with van der Waals surface area (Å²) in [6, 6.07) is 13.5. The molecule has 0 aromatic heterocycles. The van der Waals surface area contributed by atoms with Crippen molar-refractivity contribution in [1.29, 1.82) is 0 Å². The standard InChI is InChI=1S/C21H14ClF3N2O5S/c22-27(15-10-8-14(9-11-15)21(23,24)25)33(31,32)16-5-3-4-13(12-16)19(28)26-18-7-2-1-6-17(18)20(29)30/h1-12H,(H,26,28)(H,29,30). The number of halogens is 4. The van der Waals surface area contributed by atoms with Crippen molar-refractivity contribution in [1.82, 2.24) is 0 Å². The van der Waals surface area contributed by atoms with E-state index >= 15 is 0 Å². The highest BCUT2D eigenvalue weighted by Gasteiger charge is 2.31. The Morgan fingerprint density at radius 3 is 2.18 bits per heavy atom. The maximum Gasteiger partial charge on any atom is 0.416 e. The SMILES string of the molecule is O=C(Nc1ccccc1C(=O)O)c1cccc(S(=O)(=O)N(Cl)c2ccc(C(F)(F)F)cc2)c1. The van der Waals surface area contributed by atoms with Gasteiger partial charge < -0.3 is 10.4 Å². The van der Waals surface area contributed by atoms with Gasteiger partial charge in [-0.25, -0.2) is 4.79 Å². The number of hydrogen-bond acceptors (Lipinski definition) is 4. The number of benzene rings is 3. The molecule has 7 nitrogen and oxygen atoms in total. The van der Waals surface area contributed by atoms with Gasteiger partial charge in [0.2, 0.25) is 0 Å². The number of hydrogen-bond donors (Lipinski definition) is 2. The lowest BCUT2D eigenvalue weighted by Crippen LogP contribution is -2.22. The molecule has 0 aliphatic rings. The molecule has 0 aliphatic carbocycles. The Morgan fingerprint density at radius 1 is 0.939 bits per heavy atom. The van der Waals surface area contributed by atoms with Crippen LogP contribution in [0.5, 0.6) is 0 Å². The Morgan fingerprint density at radius 2 is 1.58 bits per heavy atom. The van der Waals surface area contributed by atoms with Crippen molar-refractivity contribution < 1.29 is 36.3 Å². The van der Waals surface area contributed by atoms with Gasteiger partial charge in [-0.1, -0.05) is 18.2 Å². The van der Waals surface area contributed by atoms with Crippen molar-refractivity contribution in [3.8, 4) is 0 Å². The molecule has 0 aliphatic heterocycles. The largest absolute Gasteiger partial charge is 0.478 e. The van der Waals surface area contributed by atoms with Gasteiger partial charge >= 0.3 is 12.1 Å². The molecule has 0 spiro atoms. The second-order valence-corrected chi connectivity index (χ2v) is 8.92. The molecular formula is C21H14ClF3N2O5S. The number of rotatable bonds is 6. The summed E-state index contributed by atoms with van der Waals surface area (Å²) in [6.45, 7) is 0. The molecule has 0 fully saturated rings. The summed E-state index contributed by atoms with van der Waals surface area (Å²) >= 11 is 5.91. The molecule has 0 heterocycles. The summed E-state index contributed by atoms with van der Waals surface area (Å²) in [4.78, 5) is 23.5. The fourth-order valence-electron chi connectivity index (χ4n) is 2.77. The van der Waals surface area contributed by atoms with Gasteiger partial charge in [-0.05, 0) is 54.6 Å². The number of anilines is 2. The normalized spacial score (nSPS) is 11.6. The van der Waals surface area contributed by atoms with Crippen LogP contribution in [0.25, 0.3) is 0 Å². The molecule has 2 N–H and O–H groups in total. The predicted octanol–water partition coefficient (Wildman–Crippen LogP) is 5.01.